The summed E-state index contributed by atoms with van der Waals surface area (Å²) in [4.78, 5) is 12.6. The van der Waals surface area contributed by atoms with Crippen molar-refractivity contribution in [3.63, 3.8) is 0 Å². The van der Waals surface area contributed by atoms with Crippen molar-refractivity contribution < 1.29 is 9.18 Å². The standard InChI is InChI=1S/C20H26FN5O.2ClH/c21-17-9-8-15(23-20(27)13-5-4-6-14(22)11-13)12-16(17)19-25-24-18-7-2-1-3-10-26(18)19;;/h8-9,12-14H,1-7,10-11,22H2,(H,23,27);2*1H. The number of anilines is 1. The zero-order valence-corrected chi connectivity index (χ0v) is 17.9. The number of carbonyl (C=O) groups excluding carboxylic acids is 1. The first-order chi connectivity index (χ1) is 13.1. The normalized spacial score (nSPS) is 21.2. The Morgan fingerprint density at radius 3 is 2.76 bits per heavy atom. The molecule has 4 rings (SSSR count). The van der Waals surface area contributed by atoms with Gasteiger partial charge in [-0.05, 0) is 50.3 Å². The van der Waals surface area contributed by atoms with Gasteiger partial charge in [-0.25, -0.2) is 4.39 Å². The number of hydrogen-bond acceptors (Lipinski definition) is 4. The quantitative estimate of drug-likeness (QED) is 0.746. The fraction of sp³-hybridized carbons (Fsp3) is 0.550. The zero-order chi connectivity index (χ0) is 18.8. The second-order valence-corrected chi connectivity index (χ2v) is 7.71. The fourth-order valence-electron chi connectivity index (χ4n) is 4.17. The van der Waals surface area contributed by atoms with Crippen molar-refractivity contribution in [3.05, 3.63) is 29.8 Å². The molecule has 2 aliphatic rings. The monoisotopic (exact) mass is 443 g/mol. The number of nitrogens with zero attached hydrogens (tertiary/aromatic N) is 3. The predicted octanol–water partition coefficient (Wildman–Crippen LogP) is 4.11. The third-order valence-electron chi connectivity index (χ3n) is 5.67. The maximum absolute atomic E-state index is 14.5. The minimum atomic E-state index is -0.355. The third kappa shape index (κ3) is 5.27. The number of carbonyl (C=O) groups is 1. The molecule has 0 spiro atoms. The van der Waals surface area contributed by atoms with Crippen LogP contribution in [0.1, 0.15) is 50.8 Å². The molecule has 1 aliphatic carbocycles. The van der Waals surface area contributed by atoms with Crippen molar-refractivity contribution in [2.75, 3.05) is 5.32 Å². The Morgan fingerprint density at radius 1 is 1.14 bits per heavy atom. The maximum Gasteiger partial charge on any atom is 0.227 e. The number of fused-ring (bicyclic) bond motifs is 1. The van der Waals surface area contributed by atoms with Crippen LogP contribution >= 0.6 is 24.8 Å². The second kappa shape index (κ2) is 10.4. The summed E-state index contributed by atoms with van der Waals surface area (Å²) in [5, 5.41) is 11.4. The summed E-state index contributed by atoms with van der Waals surface area (Å²) in [5.41, 5.74) is 6.96. The minimum absolute atomic E-state index is 0. The molecule has 6 nitrogen and oxygen atoms in total. The lowest BCUT2D eigenvalue weighted by atomic mass is 9.85. The highest BCUT2D eigenvalue weighted by Crippen LogP contribution is 2.29. The van der Waals surface area contributed by atoms with Gasteiger partial charge in [-0.3, -0.25) is 4.79 Å². The molecule has 29 heavy (non-hydrogen) atoms. The maximum atomic E-state index is 14.5. The Bertz CT molecular complexity index is 844. The van der Waals surface area contributed by atoms with Crippen molar-refractivity contribution in [1.82, 2.24) is 14.8 Å². The topological polar surface area (TPSA) is 85.8 Å². The van der Waals surface area contributed by atoms with Crippen molar-refractivity contribution in [1.29, 1.82) is 0 Å². The van der Waals surface area contributed by atoms with Crippen LogP contribution in [-0.4, -0.2) is 26.7 Å². The van der Waals surface area contributed by atoms with Crippen LogP contribution in [0.15, 0.2) is 18.2 Å². The van der Waals surface area contributed by atoms with Gasteiger partial charge in [0.25, 0.3) is 0 Å². The zero-order valence-electron chi connectivity index (χ0n) is 16.3. The van der Waals surface area contributed by atoms with Crippen molar-refractivity contribution in [2.45, 2.75) is 64.0 Å². The molecule has 0 saturated heterocycles. The van der Waals surface area contributed by atoms with E-state index in [1.54, 1.807) is 12.1 Å². The molecule has 2 atom stereocenters. The highest BCUT2D eigenvalue weighted by Gasteiger charge is 2.26. The molecule has 1 aromatic heterocycles. The van der Waals surface area contributed by atoms with Gasteiger partial charge < -0.3 is 15.6 Å². The van der Waals surface area contributed by atoms with Crippen LogP contribution in [-0.2, 0) is 17.8 Å². The van der Waals surface area contributed by atoms with Gasteiger partial charge in [0.15, 0.2) is 5.82 Å². The Kier molecular flexibility index (Phi) is 8.43. The van der Waals surface area contributed by atoms with Gasteiger partial charge in [-0.15, -0.1) is 35.0 Å². The van der Waals surface area contributed by atoms with E-state index in [0.717, 1.165) is 57.3 Å². The van der Waals surface area contributed by atoms with E-state index in [9.17, 15) is 9.18 Å². The number of aryl methyl sites for hydroxylation is 1. The molecule has 2 aromatic rings. The van der Waals surface area contributed by atoms with Crippen LogP contribution in [0.4, 0.5) is 10.1 Å². The lowest BCUT2D eigenvalue weighted by molar-refractivity contribution is -0.120. The van der Waals surface area contributed by atoms with E-state index >= 15 is 0 Å². The number of hydrogen-bond donors (Lipinski definition) is 2. The van der Waals surface area contributed by atoms with Crippen molar-refractivity contribution >= 4 is 36.4 Å². The first-order valence-corrected chi connectivity index (χ1v) is 9.90. The summed E-state index contributed by atoms with van der Waals surface area (Å²) in [7, 11) is 0. The lowest BCUT2D eigenvalue weighted by Crippen LogP contribution is -2.34. The SMILES string of the molecule is Cl.Cl.NC1CCCC(C(=O)Nc2ccc(F)c(-c3nnc4n3CCCCC4)c2)C1. The van der Waals surface area contributed by atoms with Gasteiger partial charge in [-0.2, -0.15) is 0 Å². The number of amides is 1. The minimum Gasteiger partial charge on any atom is -0.328 e. The lowest BCUT2D eigenvalue weighted by Gasteiger charge is -2.25. The van der Waals surface area contributed by atoms with Crippen LogP contribution in [0.25, 0.3) is 11.4 Å². The molecule has 1 amide bonds. The van der Waals surface area contributed by atoms with E-state index in [2.05, 4.69) is 15.5 Å². The van der Waals surface area contributed by atoms with Crippen LogP contribution in [0, 0.1) is 11.7 Å². The van der Waals surface area contributed by atoms with E-state index in [0.29, 0.717) is 23.5 Å². The fourth-order valence-corrected chi connectivity index (χ4v) is 4.17. The Labute approximate surface area is 182 Å². The highest BCUT2D eigenvalue weighted by atomic mass is 35.5. The molecule has 1 fully saturated rings. The van der Waals surface area contributed by atoms with Crippen LogP contribution in [0.3, 0.4) is 0 Å². The summed E-state index contributed by atoms with van der Waals surface area (Å²) in [6.07, 6.45) is 7.64. The number of halogens is 3. The van der Waals surface area contributed by atoms with E-state index in [-0.39, 0.29) is 48.5 Å². The highest BCUT2D eigenvalue weighted by molar-refractivity contribution is 5.93. The third-order valence-corrected chi connectivity index (χ3v) is 5.67. The number of nitrogens with one attached hydrogen (secondary N) is 1. The van der Waals surface area contributed by atoms with Gasteiger partial charge in [0.1, 0.15) is 11.6 Å². The molecule has 0 radical (unpaired) electrons. The molecular formula is C20H28Cl2FN5O. The molecule has 0 bridgehead atoms. The summed E-state index contributed by atoms with van der Waals surface area (Å²) in [5.74, 6) is 0.981. The Balaban J connectivity index is 0.00000150. The molecule has 160 valence electrons. The van der Waals surface area contributed by atoms with E-state index in [1.165, 1.54) is 6.07 Å². The van der Waals surface area contributed by atoms with Gasteiger partial charge >= 0.3 is 0 Å². The summed E-state index contributed by atoms with van der Waals surface area (Å²) in [6.45, 7) is 0.799. The Morgan fingerprint density at radius 2 is 1.97 bits per heavy atom. The number of benzene rings is 1. The van der Waals surface area contributed by atoms with Gasteiger partial charge in [0, 0.05) is 30.6 Å². The number of rotatable bonds is 3. The molecule has 2 heterocycles. The largest absolute Gasteiger partial charge is 0.328 e. The molecule has 1 aliphatic heterocycles. The average molecular weight is 444 g/mol. The van der Waals surface area contributed by atoms with Gasteiger partial charge in [-0.1, -0.05) is 12.8 Å². The molecule has 2 unspecified atom stereocenters. The molecular weight excluding hydrogens is 416 g/mol. The second-order valence-electron chi connectivity index (χ2n) is 7.71. The molecule has 1 saturated carbocycles. The molecule has 9 heteroatoms. The first kappa shape index (κ1) is 23.6. The van der Waals surface area contributed by atoms with Gasteiger partial charge in [0.05, 0.1) is 5.56 Å². The number of nitrogens with two attached hydrogens (primary N) is 1. The van der Waals surface area contributed by atoms with Crippen LogP contribution in [0.5, 0.6) is 0 Å². The van der Waals surface area contributed by atoms with E-state index in [4.69, 9.17) is 5.73 Å². The van der Waals surface area contributed by atoms with Crippen LogP contribution < -0.4 is 11.1 Å². The number of aromatic nitrogens is 3. The molecule has 3 N–H and O–H groups in total. The van der Waals surface area contributed by atoms with Gasteiger partial charge in [0.2, 0.25) is 5.91 Å². The summed E-state index contributed by atoms with van der Waals surface area (Å²) >= 11 is 0. The summed E-state index contributed by atoms with van der Waals surface area (Å²) in [6, 6.07) is 4.73. The first-order valence-electron chi connectivity index (χ1n) is 9.90. The average Bonchev–Trinajstić information content (AvgIpc) is 2.91. The smallest absolute Gasteiger partial charge is 0.227 e. The Hall–Kier alpha value is -1.70. The van der Waals surface area contributed by atoms with Crippen LogP contribution in [0.2, 0.25) is 0 Å². The molecule has 1 aromatic carbocycles. The predicted molar refractivity (Wildman–Crippen MR) is 116 cm³/mol. The van der Waals surface area contributed by atoms with Crippen molar-refractivity contribution in [2.24, 2.45) is 11.7 Å². The van der Waals surface area contributed by atoms with Crippen molar-refractivity contribution in [3.8, 4) is 11.4 Å². The van der Waals surface area contributed by atoms with E-state index < -0.39 is 0 Å². The van der Waals surface area contributed by atoms with E-state index in [1.807, 2.05) is 4.57 Å². The summed E-state index contributed by atoms with van der Waals surface area (Å²) < 4.78 is 16.5.